The van der Waals surface area contributed by atoms with Crippen LogP contribution in [-0.4, -0.2) is 47.3 Å². The minimum Gasteiger partial charge on any atom is -0.416 e. The largest absolute Gasteiger partial charge is 0.416 e. The Morgan fingerprint density at radius 2 is 1.81 bits per heavy atom. The number of carbonyl (C=O) groups is 1. The molecule has 2 heterocycles. The van der Waals surface area contributed by atoms with E-state index in [1.54, 1.807) is 0 Å². The molecule has 4 saturated carbocycles. The molecule has 4 aliphatic carbocycles. The molecular formula is C18H25N3O4S2. The Labute approximate surface area is 163 Å². The number of hydrogen-bond donors (Lipinski definition) is 1. The lowest BCUT2D eigenvalue weighted by atomic mass is 9.53. The first-order valence-corrected chi connectivity index (χ1v) is 12.7. The van der Waals surface area contributed by atoms with Crippen molar-refractivity contribution in [3.05, 3.63) is 5.89 Å². The highest BCUT2D eigenvalue weighted by molar-refractivity contribution is 7.99. The Balaban J connectivity index is 1.16. The number of rotatable bonds is 5. The van der Waals surface area contributed by atoms with E-state index >= 15 is 0 Å². The molecular weight excluding hydrogens is 386 g/mol. The van der Waals surface area contributed by atoms with E-state index in [0.717, 1.165) is 37.0 Å². The fraction of sp³-hybridized carbons (Fsp3) is 0.833. The van der Waals surface area contributed by atoms with Crippen LogP contribution in [0.4, 0.5) is 0 Å². The predicted octanol–water partition coefficient (Wildman–Crippen LogP) is 2.15. The van der Waals surface area contributed by atoms with Crippen molar-refractivity contribution in [3.8, 4) is 0 Å². The van der Waals surface area contributed by atoms with Crippen molar-refractivity contribution in [2.24, 2.45) is 17.8 Å². The number of amides is 1. The van der Waals surface area contributed by atoms with Gasteiger partial charge in [-0.15, -0.1) is 10.2 Å². The highest BCUT2D eigenvalue weighted by Crippen LogP contribution is 2.55. The quantitative estimate of drug-likeness (QED) is 0.741. The topological polar surface area (TPSA) is 102 Å². The van der Waals surface area contributed by atoms with Gasteiger partial charge in [0.2, 0.25) is 11.8 Å². The number of nitrogens with zero attached hydrogens (tertiary/aromatic N) is 2. The summed E-state index contributed by atoms with van der Waals surface area (Å²) < 4.78 is 28.8. The van der Waals surface area contributed by atoms with Crippen LogP contribution in [0.3, 0.4) is 0 Å². The van der Waals surface area contributed by atoms with Crippen LogP contribution in [0.5, 0.6) is 0 Å². The van der Waals surface area contributed by atoms with Gasteiger partial charge in [0, 0.05) is 5.54 Å². The first kappa shape index (κ1) is 18.0. The summed E-state index contributed by atoms with van der Waals surface area (Å²) in [5, 5.41) is 11.6. The minimum atomic E-state index is -2.99. The van der Waals surface area contributed by atoms with Crippen LogP contribution in [0.25, 0.3) is 0 Å². The summed E-state index contributed by atoms with van der Waals surface area (Å²) in [4.78, 5) is 12.5. The van der Waals surface area contributed by atoms with E-state index < -0.39 is 9.84 Å². The maximum atomic E-state index is 12.5. The van der Waals surface area contributed by atoms with E-state index in [9.17, 15) is 13.2 Å². The third-order valence-corrected chi connectivity index (χ3v) is 9.36. The van der Waals surface area contributed by atoms with Crippen LogP contribution in [0.1, 0.15) is 56.8 Å². The molecule has 1 amide bonds. The summed E-state index contributed by atoms with van der Waals surface area (Å²) >= 11 is 1.23. The molecule has 5 aliphatic rings. The molecule has 1 atom stereocenters. The molecule has 1 N–H and O–H groups in total. The second kappa shape index (κ2) is 6.47. The van der Waals surface area contributed by atoms with Gasteiger partial charge >= 0.3 is 0 Å². The number of carbonyl (C=O) groups excluding carboxylic acids is 1. The molecule has 1 aliphatic heterocycles. The maximum Gasteiger partial charge on any atom is 0.277 e. The molecule has 7 nitrogen and oxygen atoms in total. The van der Waals surface area contributed by atoms with Crippen molar-refractivity contribution in [2.75, 3.05) is 17.3 Å². The van der Waals surface area contributed by atoms with Gasteiger partial charge in [-0.25, -0.2) is 8.42 Å². The third-order valence-electron chi connectivity index (χ3n) is 6.77. The summed E-state index contributed by atoms with van der Waals surface area (Å²) in [5.41, 5.74) is 0.0185. The normalized spacial score (nSPS) is 39.0. The number of hydrogen-bond acceptors (Lipinski definition) is 7. The lowest BCUT2D eigenvalue weighted by molar-refractivity contribution is -0.124. The van der Waals surface area contributed by atoms with Crippen LogP contribution in [0.2, 0.25) is 0 Å². The monoisotopic (exact) mass is 411 g/mol. The van der Waals surface area contributed by atoms with Gasteiger partial charge in [-0.1, -0.05) is 11.8 Å². The number of aromatic nitrogens is 2. The molecule has 5 fully saturated rings. The van der Waals surface area contributed by atoms with Crippen LogP contribution in [0, 0.1) is 17.8 Å². The van der Waals surface area contributed by atoms with Crippen LogP contribution in [-0.2, 0) is 14.6 Å². The van der Waals surface area contributed by atoms with Crippen molar-refractivity contribution in [1.29, 1.82) is 0 Å². The molecule has 0 unspecified atom stereocenters. The van der Waals surface area contributed by atoms with Crippen molar-refractivity contribution >= 4 is 27.5 Å². The highest BCUT2D eigenvalue weighted by atomic mass is 32.2. The summed E-state index contributed by atoms with van der Waals surface area (Å²) in [6, 6.07) is 0. The molecule has 1 aromatic rings. The van der Waals surface area contributed by atoms with E-state index in [4.69, 9.17) is 4.42 Å². The SMILES string of the molecule is O=C(CSc1nnc([C@H]2CCS(=O)(=O)C2)o1)NC12CC3CC(CC(C3)C1)C2. The zero-order chi connectivity index (χ0) is 18.6. The Hall–Kier alpha value is -1.09. The molecule has 0 aromatic carbocycles. The van der Waals surface area contributed by atoms with E-state index in [1.807, 2.05) is 0 Å². The average Bonchev–Trinajstić information content (AvgIpc) is 3.17. The Morgan fingerprint density at radius 3 is 2.41 bits per heavy atom. The van der Waals surface area contributed by atoms with E-state index in [2.05, 4.69) is 15.5 Å². The van der Waals surface area contributed by atoms with E-state index in [0.29, 0.717) is 17.5 Å². The Kier molecular flexibility index (Phi) is 4.31. The molecule has 1 aromatic heterocycles. The Morgan fingerprint density at radius 1 is 1.15 bits per heavy atom. The summed E-state index contributed by atoms with van der Waals surface area (Å²) in [7, 11) is -2.99. The standard InChI is InChI=1S/C18H25N3O4S2/c22-15(19-18-6-11-3-12(7-18)5-13(4-11)8-18)9-26-17-21-20-16(25-17)14-1-2-27(23,24)10-14/h11-14H,1-10H2,(H,19,22)/t11?,12?,13?,14-,18?/m0/s1. The molecule has 0 spiro atoms. The number of thioether (sulfide) groups is 1. The summed E-state index contributed by atoms with van der Waals surface area (Å²) in [6.07, 6.45) is 7.99. The lowest BCUT2D eigenvalue weighted by Crippen LogP contribution is -2.60. The fourth-order valence-electron chi connectivity index (χ4n) is 6.16. The van der Waals surface area contributed by atoms with Crippen molar-refractivity contribution < 1.29 is 17.6 Å². The molecule has 1 saturated heterocycles. The zero-order valence-electron chi connectivity index (χ0n) is 15.2. The second-order valence-electron chi connectivity index (χ2n) is 9.04. The molecule has 4 bridgehead atoms. The minimum absolute atomic E-state index is 0.0185. The second-order valence-corrected chi connectivity index (χ2v) is 12.2. The predicted molar refractivity (Wildman–Crippen MR) is 100 cm³/mol. The smallest absolute Gasteiger partial charge is 0.277 e. The van der Waals surface area contributed by atoms with Crippen LogP contribution >= 0.6 is 11.8 Å². The summed E-state index contributed by atoms with van der Waals surface area (Å²) in [5.74, 6) is 3.10. The lowest BCUT2D eigenvalue weighted by Gasteiger charge is -2.56. The highest BCUT2D eigenvalue weighted by Gasteiger charge is 2.51. The van der Waals surface area contributed by atoms with Gasteiger partial charge in [0.05, 0.1) is 23.2 Å². The van der Waals surface area contributed by atoms with Gasteiger partial charge in [-0.2, -0.15) is 0 Å². The molecule has 9 heteroatoms. The Bertz CT molecular complexity index is 815. The third kappa shape index (κ3) is 3.64. The van der Waals surface area contributed by atoms with Crippen LogP contribution < -0.4 is 5.32 Å². The van der Waals surface area contributed by atoms with E-state index in [-0.39, 0.29) is 34.6 Å². The maximum absolute atomic E-state index is 12.5. The molecule has 0 radical (unpaired) electrons. The van der Waals surface area contributed by atoms with Gasteiger partial charge in [0.1, 0.15) is 0 Å². The molecule has 27 heavy (non-hydrogen) atoms. The van der Waals surface area contributed by atoms with Crippen molar-refractivity contribution in [1.82, 2.24) is 15.5 Å². The zero-order valence-corrected chi connectivity index (χ0v) is 16.9. The number of nitrogens with one attached hydrogen (secondary N) is 1. The van der Waals surface area contributed by atoms with E-state index in [1.165, 1.54) is 31.0 Å². The van der Waals surface area contributed by atoms with Crippen molar-refractivity contribution in [2.45, 2.75) is 61.6 Å². The number of sulfone groups is 1. The first-order valence-electron chi connectivity index (χ1n) is 9.86. The van der Waals surface area contributed by atoms with Crippen molar-refractivity contribution in [3.63, 3.8) is 0 Å². The van der Waals surface area contributed by atoms with Gasteiger partial charge in [0.15, 0.2) is 9.84 Å². The van der Waals surface area contributed by atoms with Gasteiger partial charge in [-0.05, 0) is 62.7 Å². The van der Waals surface area contributed by atoms with Crippen LogP contribution in [0.15, 0.2) is 9.64 Å². The van der Waals surface area contributed by atoms with Gasteiger partial charge in [0.25, 0.3) is 5.22 Å². The van der Waals surface area contributed by atoms with Gasteiger partial charge < -0.3 is 9.73 Å². The molecule has 148 valence electrons. The molecule has 6 rings (SSSR count). The first-order chi connectivity index (χ1) is 12.9. The average molecular weight is 412 g/mol. The summed E-state index contributed by atoms with van der Waals surface area (Å²) in [6.45, 7) is 0. The van der Waals surface area contributed by atoms with Gasteiger partial charge in [-0.3, -0.25) is 4.79 Å². The fourth-order valence-corrected chi connectivity index (χ4v) is 8.46.